The molecule has 0 aliphatic carbocycles. The van der Waals surface area contributed by atoms with E-state index < -0.39 is 0 Å². The van der Waals surface area contributed by atoms with Crippen molar-refractivity contribution in [3.63, 3.8) is 0 Å². The topological polar surface area (TPSA) is 38.9 Å². The highest BCUT2D eigenvalue weighted by molar-refractivity contribution is 7.99. The van der Waals surface area contributed by atoms with Gasteiger partial charge in [0, 0.05) is 27.7 Å². The first-order chi connectivity index (χ1) is 8.58. The smallest absolute Gasteiger partial charge is 0.106 e. The first-order valence-corrected chi connectivity index (χ1v) is 6.98. The van der Waals surface area contributed by atoms with E-state index >= 15 is 0 Å². The number of hydrogen-bond donors (Lipinski definition) is 1. The number of benzene rings is 1. The zero-order valence-corrected chi connectivity index (χ0v) is 12.1. The minimum absolute atomic E-state index is 0.0702. The summed E-state index contributed by atoms with van der Waals surface area (Å²) in [6, 6.07) is 9.15. The highest BCUT2D eigenvalue weighted by Crippen LogP contribution is 2.36. The van der Waals surface area contributed by atoms with Crippen LogP contribution in [0, 0.1) is 0 Å². The molecule has 2 aromatic rings. The molecule has 18 heavy (non-hydrogen) atoms. The lowest BCUT2D eigenvalue weighted by atomic mass is 10.2. The monoisotopic (exact) mass is 298 g/mol. The van der Waals surface area contributed by atoms with Gasteiger partial charge in [-0.1, -0.05) is 41.0 Å². The summed E-state index contributed by atoms with van der Waals surface area (Å²) in [5.41, 5.74) is 6.92. The van der Waals surface area contributed by atoms with Gasteiger partial charge in [0.25, 0.3) is 0 Å². The molecule has 1 aromatic heterocycles. The second kappa shape index (κ2) is 5.93. The van der Waals surface area contributed by atoms with Crippen LogP contribution in [0.3, 0.4) is 0 Å². The summed E-state index contributed by atoms with van der Waals surface area (Å²) in [7, 11) is 0. The van der Waals surface area contributed by atoms with Gasteiger partial charge >= 0.3 is 0 Å². The molecule has 2 N–H and O–H groups in total. The highest BCUT2D eigenvalue weighted by atomic mass is 35.5. The van der Waals surface area contributed by atoms with Crippen LogP contribution >= 0.6 is 35.0 Å². The van der Waals surface area contributed by atoms with Gasteiger partial charge in [-0.05, 0) is 31.2 Å². The van der Waals surface area contributed by atoms with Gasteiger partial charge in [-0.15, -0.1) is 0 Å². The molecule has 1 heterocycles. The molecular weight excluding hydrogens is 287 g/mol. The fraction of sp³-hybridized carbons (Fsp3) is 0.154. The summed E-state index contributed by atoms with van der Waals surface area (Å²) < 4.78 is 0. The summed E-state index contributed by atoms with van der Waals surface area (Å²) in [4.78, 5) is 5.23. The van der Waals surface area contributed by atoms with E-state index in [0.717, 1.165) is 15.5 Å². The van der Waals surface area contributed by atoms with Crippen LogP contribution in [0.25, 0.3) is 0 Å². The van der Waals surface area contributed by atoms with Gasteiger partial charge < -0.3 is 5.73 Å². The van der Waals surface area contributed by atoms with Gasteiger partial charge in [-0.25, -0.2) is 4.98 Å². The van der Waals surface area contributed by atoms with Crippen molar-refractivity contribution in [1.82, 2.24) is 4.98 Å². The molecule has 0 saturated heterocycles. The summed E-state index contributed by atoms with van der Waals surface area (Å²) in [6.45, 7) is 1.93. The van der Waals surface area contributed by atoms with Crippen molar-refractivity contribution in [3.05, 3.63) is 52.1 Å². The summed E-state index contributed by atoms with van der Waals surface area (Å²) in [5, 5.41) is 2.17. The first-order valence-electron chi connectivity index (χ1n) is 5.41. The minimum Gasteiger partial charge on any atom is -0.324 e. The molecule has 0 bridgehead atoms. The van der Waals surface area contributed by atoms with Crippen LogP contribution in [-0.2, 0) is 0 Å². The van der Waals surface area contributed by atoms with Crippen molar-refractivity contribution in [1.29, 1.82) is 0 Å². The van der Waals surface area contributed by atoms with Gasteiger partial charge in [0.2, 0.25) is 0 Å². The number of nitrogens with two attached hydrogens (primary N) is 1. The Balaban J connectivity index is 2.37. The highest BCUT2D eigenvalue weighted by Gasteiger charge is 2.11. The van der Waals surface area contributed by atoms with Crippen molar-refractivity contribution in [2.45, 2.75) is 22.9 Å². The van der Waals surface area contributed by atoms with E-state index in [1.807, 2.05) is 25.1 Å². The molecule has 0 fully saturated rings. The number of rotatable bonds is 3. The fourth-order valence-electron chi connectivity index (χ4n) is 1.49. The Morgan fingerprint density at radius 1 is 1.28 bits per heavy atom. The predicted molar refractivity (Wildman–Crippen MR) is 77.4 cm³/mol. The molecule has 2 nitrogen and oxygen atoms in total. The molecule has 0 aliphatic rings. The van der Waals surface area contributed by atoms with Gasteiger partial charge in [-0.3, -0.25) is 0 Å². The molecule has 2 rings (SSSR count). The van der Waals surface area contributed by atoms with Gasteiger partial charge in [0.1, 0.15) is 5.03 Å². The number of hydrogen-bond acceptors (Lipinski definition) is 3. The Kier molecular flexibility index (Phi) is 4.51. The number of halogens is 2. The summed E-state index contributed by atoms with van der Waals surface area (Å²) in [6.07, 6.45) is 1.74. The average Bonchev–Trinajstić information content (AvgIpc) is 2.34. The lowest BCUT2D eigenvalue weighted by molar-refractivity contribution is 0.779. The van der Waals surface area contributed by atoms with Crippen LogP contribution in [0.4, 0.5) is 0 Å². The van der Waals surface area contributed by atoms with E-state index in [1.165, 1.54) is 11.8 Å². The standard InChI is InChI=1S/C13H12Cl2N2S/c1-8(16)10-3-2-6-17-13(10)18-12-7-9(14)4-5-11(12)15/h2-8H,16H2,1H3/t8-/m1/s1. The van der Waals surface area contributed by atoms with Crippen LogP contribution in [0.5, 0.6) is 0 Å². The zero-order valence-electron chi connectivity index (χ0n) is 9.73. The molecule has 0 amide bonds. The lowest BCUT2D eigenvalue weighted by Gasteiger charge is -2.11. The zero-order chi connectivity index (χ0) is 13.1. The first kappa shape index (κ1) is 13.7. The quantitative estimate of drug-likeness (QED) is 0.903. The fourth-order valence-corrected chi connectivity index (χ4v) is 3.01. The van der Waals surface area contributed by atoms with Crippen LogP contribution < -0.4 is 5.73 Å². The van der Waals surface area contributed by atoms with Crippen LogP contribution in [-0.4, -0.2) is 4.98 Å². The molecule has 0 saturated carbocycles. The third-order valence-electron chi connectivity index (χ3n) is 2.39. The lowest BCUT2D eigenvalue weighted by Crippen LogP contribution is -2.07. The van der Waals surface area contributed by atoms with Crippen molar-refractivity contribution >= 4 is 35.0 Å². The Morgan fingerprint density at radius 3 is 2.78 bits per heavy atom. The molecule has 0 unspecified atom stereocenters. The Labute approximate surface area is 121 Å². The largest absolute Gasteiger partial charge is 0.324 e. The molecule has 0 spiro atoms. The summed E-state index contributed by atoms with van der Waals surface area (Å²) >= 11 is 13.6. The van der Waals surface area contributed by atoms with Gasteiger partial charge in [-0.2, -0.15) is 0 Å². The molecule has 94 valence electrons. The van der Waals surface area contributed by atoms with E-state index in [4.69, 9.17) is 28.9 Å². The molecular formula is C13H12Cl2N2S. The molecule has 5 heteroatoms. The van der Waals surface area contributed by atoms with Gasteiger partial charge in [0.15, 0.2) is 0 Å². The molecule has 0 radical (unpaired) electrons. The Hall–Kier alpha value is -0.740. The van der Waals surface area contributed by atoms with E-state index in [2.05, 4.69) is 4.98 Å². The normalized spacial score (nSPS) is 12.4. The molecule has 1 aromatic carbocycles. The SMILES string of the molecule is C[C@@H](N)c1cccnc1Sc1cc(Cl)ccc1Cl. The third kappa shape index (κ3) is 3.18. The van der Waals surface area contributed by atoms with E-state index in [9.17, 15) is 0 Å². The Bertz CT molecular complexity index is 558. The van der Waals surface area contributed by atoms with Crippen LogP contribution in [0.15, 0.2) is 46.5 Å². The predicted octanol–water partition coefficient (Wildman–Crippen LogP) is 4.56. The number of nitrogens with zero attached hydrogens (tertiary/aromatic N) is 1. The maximum absolute atomic E-state index is 6.14. The number of aromatic nitrogens is 1. The maximum Gasteiger partial charge on any atom is 0.106 e. The average molecular weight is 299 g/mol. The second-order valence-electron chi connectivity index (χ2n) is 3.86. The van der Waals surface area contributed by atoms with Crippen molar-refractivity contribution in [2.75, 3.05) is 0 Å². The van der Waals surface area contributed by atoms with Crippen molar-refractivity contribution in [3.8, 4) is 0 Å². The molecule has 0 aliphatic heterocycles. The van der Waals surface area contributed by atoms with E-state index in [1.54, 1.807) is 18.3 Å². The van der Waals surface area contributed by atoms with E-state index in [0.29, 0.717) is 10.0 Å². The van der Waals surface area contributed by atoms with Crippen LogP contribution in [0.2, 0.25) is 10.0 Å². The van der Waals surface area contributed by atoms with E-state index in [-0.39, 0.29) is 6.04 Å². The van der Waals surface area contributed by atoms with Crippen molar-refractivity contribution < 1.29 is 0 Å². The minimum atomic E-state index is -0.0702. The number of pyridine rings is 1. The van der Waals surface area contributed by atoms with Gasteiger partial charge in [0.05, 0.1) is 5.02 Å². The van der Waals surface area contributed by atoms with Crippen molar-refractivity contribution in [2.24, 2.45) is 5.73 Å². The maximum atomic E-state index is 6.14. The Morgan fingerprint density at radius 2 is 2.06 bits per heavy atom. The van der Waals surface area contributed by atoms with Crippen LogP contribution in [0.1, 0.15) is 18.5 Å². The second-order valence-corrected chi connectivity index (χ2v) is 5.74. The molecule has 1 atom stereocenters. The third-order valence-corrected chi connectivity index (χ3v) is 4.16. The summed E-state index contributed by atoms with van der Waals surface area (Å²) in [5.74, 6) is 0.